The van der Waals surface area contributed by atoms with Gasteiger partial charge in [0.15, 0.2) is 0 Å². The molecule has 10 rings (SSSR count). The molecule has 0 atom stereocenters. The fraction of sp³-hybridized carbons (Fsp3) is 0. The summed E-state index contributed by atoms with van der Waals surface area (Å²) in [5.41, 5.74) is 9.39. The van der Waals surface area contributed by atoms with Crippen molar-refractivity contribution in [3.8, 4) is 27.9 Å². The van der Waals surface area contributed by atoms with E-state index in [0.29, 0.717) is 0 Å². The number of benzene rings is 6. The first-order chi connectivity index (χ1) is 22.3. The Morgan fingerprint density at radius 2 is 1.16 bits per heavy atom. The highest BCUT2D eigenvalue weighted by atomic mass is 32.1. The lowest BCUT2D eigenvalue weighted by atomic mass is 9.98. The lowest BCUT2D eigenvalue weighted by Gasteiger charge is -2.14. The van der Waals surface area contributed by atoms with Gasteiger partial charge in [-0.05, 0) is 52.6 Å². The number of fused-ring (bicyclic) bond motifs is 12. The van der Waals surface area contributed by atoms with Crippen LogP contribution in [0, 0.1) is 0 Å². The van der Waals surface area contributed by atoms with Gasteiger partial charge in [-0.2, -0.15) is 0 Å². The summed E-state index contributed by atoms with van der Waals surface area (Å²) in [6.45, 7) is 0. The Labute approximate surface area is 266 Å². The first kappa shape index (κ1) is 25.0. The molecule has 4 aromatic heterocycles. The molecular weight excluding hydrogens is 587 g/mol. The Hall–Kier alpha value is -5.36. The average molecular weight is 610 g/mol. The molecule has 45 heavy (non-hydrogen) atoms. The van der Waals surface area contributed by atoms with Gasteiger partial charge in [0, 0.05) is 48.2 Å². The molecule has 0 radical (unpaired) electrons. The molecule has 0 unspecified atom stereocenters. The number of hydrogen-bond acceptors (Lipinski definition) is 4. The number of hydrogen-bond donors (Lipinski definition) is 0. The van der Waals surface area contributed by atoms with Crippen LogP contribution in [0.5, 0.6) is 0 Å². The van der Waals surface area contributed by atoms with E-state index in [1.807, 2.05) is 17.5 Å². The summed E-state index contributed by atoms with van der Waals surface area (Å²) in [4.78, 5) is 9.28. The van der Waals surface area contributed by atoms with Gasteiger partial charge in [0.05, 0.1) is 25.9 Å². The van der Waals surface area contributed by atoms with Crippen LogP contribution in [0.15, 0.2) is 140 Å². The highest BCUT2D eigenvalue weighted by molar-refractivity contribution is 7.30. The van der Waals surface area contributed by atoms with Crippen molar-refractivity contribution in [1.82, 2.24) is 14.5 Å². The van der Waals surface area contributed by atoms with Gasteiger partial charge in [-0.15, -0.1) is 22.7 Å². The number of nitrogens with zero attached hydrogens (tertiary/aromatic N) is 3. The molecule has 0 saturated heterocycles. The van der Waals surface area contributed by atoms with Crippen LogP contribution in [0.1, 0.15) is 0 Å². The largest absolute Gasteiger partial charge is 0.308 e. The van der Waals surface area contributed by atoms with Crippen molar-refractivity contribution in [1.29, 1.82) is 0 Å². The second kappa shape index (κ2) is 9.57. The van der Waals surface area contributed by atoms with Gasteiger partial charge in [-0.1, -0.05) is 97.1 Å². The summed E-state index contributed by atoms with van der Waals surface area (Å²) in [6, 6.07) is 46.1. The van der Waals surface area contributed by atoms with Crippen LogP contribution in [-0.2, 0) is 0 Å². The van der Waals surface area contributed by atoms with Crippen molar-refractivity contribution in [2.45, 2.75) is 0 Å². The summed E-state index contributed by atoms with van der Waals surface area (Å²) in [6.07, 6.45) is 3.65. The average Bonchev–Trinajstić information content (AvgIpc) is 3.78. The van der Waals surface area contributed by atoms with E-state index >= 15 is 0 Å². The van der Waals surface area contributed by atoms with Gasteiger partial charge in [0.1, 0.15) is 6.33 Å². The van der Waals surface area contributed by atoms with Crippen LogP contribution in [0.25, 0.3) is 90.2 Å². The van der Waals surface area contributed by atoms with E-state index in [2.05, 4.69) is 137 Å². The van der Waals surface area contributed by atoms with E-state index in [1.165, 1.54) is 74.3 Å². The maximum Gasteiger partial charge on any atom is 0.116 e. The van der Waals surface area contributed by atoms with Crippen molar-refractivity contribution in [2.24, 2.45) is 0 Å². The lowest BCUT2D eigenvalue weighted by molar-refractivity contribution is 1.19. The van der Waals surface area contributed by atoms with E-state index in [0.717, 1.165) is 15.9 Å². The topological polar surface area (TPSA) is 30.7 Å². The lowest BCUT2D eigenvalue weighted by Crippen LogP contribution is -1.96. The summed E-state index contributed by atoms with van der Waals surface area (Å²) in [5, 5.41) is 6.40. The molecular formula is C40H23N3S2. The maximum atomic E-state index is 4.86. The Kier molecular flexibility index (Phi) is 5.32. The molecule has 0 fully saturated rings. The summed E-state index contributed by atoms with van der Waals surface area (Å²) in [7, 11) is 0. The first-order valence-electron chi connectivity index (χ1n) is 15.0. The molecule has 0 amide bonds. The highest BCUT2D eigenvalue weighted by Gasteiger charge is 2.25. The number of aromatic nitrogens is 3. The quantitative estimate of drug-likeness (QED) is 0.199. The van der Waals surface area contributed by atoms with Gasteiger partial charge in [0.25, 0.3) is 0 Å². The molecule has 6 aromatic carbocycles. The maximum absolute atomic E-state index is 4.86. The second-order valence-electron chi connectivity index (χ2n) is 11.4. The molecule has 210 valence electrons. The SMILES string of the molecule is c1ccc(-c2cc(-c3ccccc3)cc(-n3c4ccccc4c4c5c6ccccc6sc5c5c6ncncc6sc5c43)c2)cc1. The van der Waals surface area contributed by atoms with Crippen molar-refractivity contribution in [2.75, 3.05) is 0 Å². The van der Waals surface area contributed by atoms with E-state index < -0.39 is 0 Å². The first-order valence-corrected chi connectivity index (χ1v) is 16.6. The highest BCUT2D eigenvalue weighted by Crippen LogP contribution is 2.51. The minimum Gasteiger partial charge on any atom is -0.308 e. The molecule has 5 heteroatoms. The van der Waals surface area contributed by atoms with Crippen molar-refractivity contribution in [3.05, 3.63) is 140 Å². The van der Waals surface area contributed by atoms with E-state index in [1.54, 1.807) is 17.7 Å². The monoisotopic (exact) mass is 609 g/mol. The van der Waals surface area contributed by atoms with Gasteiger partial charge < -0.3 is 4.57 Å². The number of para-hydroxylation sites is 1. The fourth-order valence-corrected chi connectivity index (χ4v) is 9.51. The molecule has 0 aliphatic heterocycles. The molecule has 3 nitrogen and oxygen atoms in total. The van der Waals surface area contributed by atoms with Gasteiger partial charge in [-0.25, -0.2) is 9.97 Å². The van der Waals surface area contributed by atoms with Crippen LogP contribution in [0.3, 0.4) is 0 Å². The zero-order valence-corrected chi connectivity index (χ0v) is 25.6. The normalized spacial score (nSPS) is 12.0. The third kappa shape index (κ3) is 3.62. The third-order valence-electron chi connectivity index (χ3n) is 8.91. The second-order valence-corrected chi connectivity index (χ2v) is 13.5. The molecule has 0 aliphatic carbocycles. The zero-order chi connectivity index (χ0) is 29.5. The fourth-order valence-electron chi connectivity index (χ4n) is 7.01. The predicted octanol–water partition coefficient (Wildman–Crippen LogP) is 11.6. The summed E-state index contributed by atoms with van der Waals surface area (Å²) < 4.78 is 7.46. The van der Waals surface area contributed by atoms with Gasteiger partial charge in [-0.3, -0.25) is 0 Å². The van der Waals surface area contributed by atoms with E-state index in [9.17, 15) is 0 Å². The Morgan fingerprint density at radius 1 is 0.511 bits per heavy atom. The van der Waals surface area contributed by atoms with Crippen LogP contribution in [0.4, 0.5) is 0 Å². The Morgan fingerprint density at radius 3 is 1.91 bits per heavy atom. The van der Waals surface area contributed by atoms with Crippen LogP contribution >= 0.6 is 22.7 Å². The molecule has 10 aromatic rings. The summed E-state index contributed by atoms with van der Waals surface area (Å²) in [5.74, 6) is 0. The van der Waals surface area contributed by atoms with Crippen molar-refractivity contribution < 1.29 is 0 Å². The minimum atomic E-state index is 1.03. The van der Waals surface area contributed by atoms with E-state index in [4.69, 9.17) is 4.98 Å². The Bertz CT molecular complexity index is 2700. The van der Waals surface area contributed by atoms with Crippen molar-refractivity contribution in [3.63, 3.8) is 0 Å². The van der Waals surface area contributed by atoms with Gasteiger partial charge in [0.2, 0.25) is 0 Å². The number of rotatable bonds is 3. The zero-order valence-electron chi connectivity index (χ0n) is 23.9. The molecule has 0 spiro atoms. The molecule has 0 bridgehead atoms. The Balaban J connectivity index is 1.45. The smallest absolute Gasteiger partial charge is 0.116 e. The van der Waals surface area contributed by atoms with Crippen LogP contribution in [-0.4, -0.2) is 14.5 Å². The van der Waals surface area contributed by atoms with E-state index in [-0.39, 0.29) is 0 Å². The van der Waals surface area contributed by atoms with Crippen LogP contribution in [0.2, 0.25) is 0 Å². The van der Waals surface area contributed by atoms with Gasteiger partial charge >= 0.3 is 0 Å². The molecule has 4 heterocycles. The van der Waals surface area contributed by atoms with Crippen molar-refractivity contribution >= 4 is 85.0 Å². The molecule has 0 aliphatic rings. The summed E-state index contributed by atoms with van der Waals surface area (Å²) >= 11 is 3.68. The van der Waals surface area contributed by atoms with Crippen LogP contribution < -0.4 is 0 Å². The third-order valence-corrected chi connectivity index (χ3v) is 11.2. The molecule has 0 N–H and O–H groups in total. The standard InChI is InChI=1S/C40H23N3S2/c1-3-11-24(12-4-1)26-19-27(25-13-5-2-6-14-25)21-28(20-26)43-31-17-9-7-15-29(31)34-35-30-16-8-10-18-32(30)44-39(35)36-37-33(22-41-23-42-37)45-40(36)38(34)43/h1-23H. The number of thiophene rings is 2. The molecule has 0 saturated carbocycles. The predicted molar refractivity (Wildman–Crippen MR) is 193 cm³/mol. The minimum absolute atomic E-state index is 1.03.